The van der Waals surface area contributed by atoms with Crippen molar-refractivity contribution in [3.05, 3.63) is 29.3 Å². The van der Waals surface area contributed by atoms with Crippen LogP contribution in [0.5, 0.6) is 0 Å². The summed E-state index contributed by atoms with van der Waals surface area (Å²) in [5.41, 5.74) is 1.50. The molecule has 1 aliphatic rings. The standard InChI is InChI=1S/C17H24N2O4S/c1-11-5-6-13(9-12(11)2)18-15(20)17(3,4)16(21)19-14-7-8-24(22,23)10-14/h5-6,9,14H,7-8,10H2,1-4H3,(H,18,20)(H,19,21). The topological polar surface area (TPSA) is 92.3 Å². The SMILES string of the molecule is Cc1ccc(NC(=O)C(C)(C)C(=O)NC2CCS(=O)(=O)C2)cc1C. The lowest BCUT2D eigenvalue weighted by Crippen LogP contribution is -2.48. The van der Waals surface area contributed by atoms with Crippen LogP contribution in [0.3, 0.4) is 0 Å². The molecule has 132 valence electrons. The molecule has 2 rings (SSSR count). The average Bonchev–Trinajstić information content (AvgIpc) is 2.81. The van der Waals surface area contributed by atoms with Gasteiger partial charge in [0.1, 0.15) is 5.41 Å². The Morgan fingerprint density at radius 2 is 1.79 bits per heavy atom. The van der Waals surface area contributed by atoms with Crippen molar-refractivity contribution in [3.8, 4) is 0 Å². The second-order valence-electron chi connectivity index (χ2n) is 6.95. The van der Waals surface area contributed by atoms with E-state index in [0.29, 0.717) is 12.1 Å². The highest BCUT2D eigenvalue weighted by atomic mass is 32.2. The zero-order valence-corrected chi connectivity index (χ0v) is 15.3. The van der Waals surface area contributed by atoms with Crippen LogP contribution in [0.2, 0.25) is 0 Å². The molecule has 0 aromatic heterocycles. The summed E-state index contributed by atoms with van der Waals surface area (Å²) in [5.74, 6) is -0.879. The van der Waals surface area contributed by atoms with E-state index in [4.69, 9.17) is 0 Å². The first-order valence-corrected chi connectivity index (χ1v) is 9.73. The van der Waals surface area contributed by atoms with E-state index in [1.807, 2.05) is 26.0 Å². The predicted octanol–water partition coefficient (Wildman–Crippen LogP) is 1.57. The zero-order valence-electron chi connectivity index (χ0n) is 14.5. The van der Waals surface area contributed by atoms with Gasteiger partial charge in [-0.2, -0.15) is 0 Å². The summed E-state index contributed by atoms with van der Waals surface area (Å²) in [6, 6.07) is 5.13. The number of anilines is 1. The summed E-state index contributed by atoms with van der Waals surface area (Å²) in [6.07, 6.45) is 0.392. The lowest BCUT2D eigenvalue weighted by atomic mass is 9.90. The highest BCUT2D eigenvalue weighted by Crippen LogP contribution is 2.22. The summed E-state index contributed by atoms with van der Waals surface area (Å²) in [4.78, 5) is 24.9. The molecule has 7 heteroatoms. The van der Waals surface area contributed by atoms with E-state index in [0.717, 1.165) is 11.1 Å². The first-order valence-electron chi connectivity index (χ1n) is 7.91. The van der Waals surface area contributed by atoms with Gasteiger partial charge in [-0.15, -0.1) is 0 Å². The Bertz CT molecular complexity index is 769. The van der Waals surface area contributed by atoms with Gasteiger partial charge in [-0.25, -0.2) is 8.42 Å². The Morgan fingerprint density at radius 3 is 2.33 bits per heavy atom. The van der Waals surface area contributed by atoms with Crippen LogP contribution in [0.25, 0.3) is 0 Å². The van der Waals surface area contributed by atoms with Crippen molar-refractivity contribution < 1.29 is 18.0 Å². The molecule has 2 N–H and O–H groups in total. The molecule has 1 aliphatic heterocycles. The lowest BCUT2D eigenvalue weighted by molar-refractivity contribution is -0.138. The molecule has 0 saturated carbocycles. The average molecular weight is 352 g/mol. The van der Waals surface area contributed by atoms with Crippen molar-refractivity contribution in [2.24, 2.45) is 5.41 Å². The second kappa shape index (κ2) is 6.55. The predicted molar refractivity (Wildman–Crippen MR) is 93.5 cm³/mol. The molecule has 1 fully saturated rings. The molecule has 6 nitrogen and oxygen atoms in total. The lowest BCUT2D eigenvalue weighted by Gasteiger charge is -2.24. The minimum absolute atomic E-state index is 0.0619. The maximum Gasteiger partial charge on any atom is 0.239 e. The highest BCUT2D eigenvalue weighted by molar-refractivity contribution is 7.91. The van der Waals surface area contributed by atoms with E-state index < -0.39 is 33.1 Å². The Labute approximate surface area is 142 Å². The normalized spacial score (nSPS) is 19.8. The summed E-state index contributed by atoms with van der Waals surface area (Å²) in [7, 11) is -3.08. The largest absolute Gasteiger partial charge is 0.351 e. The van der Waals surface area contributed by atoms with E-state index in [9.17, 15) is 18.0 Å². The van der Waals surface area contributed by atoms with Gasteiger partial charge in [0.2, 0.25) is 11.8 Å². The minimum atomic E-state index is -3.08. The number of hydrogen-bond donors (Lipinski definition) is 2. The molecule has 0 bridgehead atoms. The monoisotopic (exact) mass is 352 g/mol. The molecule has 0 radical (unpaired) electrons. The van der Waals surface area contributed by atoms with Crippen LogP contribution in [-0.4, -0.2) is 37.8 Å². The van der Waals surface area contributed by atoms with Crippen LogP contribution < -0.4 is 10.6 Å². The van der Waals surface area contributed by atoms with Gasteiger partial charge in [0.25, 0.3) is 0 Å². The van der Waals surface area contributed by atoms with E-state index in [-0.39, 0.29) is 11.5 Å². The van der Waals surface area contributed by atoms with Crippen LogP contribution in [0.4, 0.5) is 5.69 Å². The number of aryl methyl sites for hydroxylation is 2. The van der Waals surface area contributed by atoms with Crippen molar-refractivity contribution in [3.63, 3.8) is 0 Å². The third-order valence-electron chi connectivity index (χ3n) is 4.47. The molecule has 1 heterocycles. The second-order valence-corrected chi connectivity index (χ2v) is 9.18. The molecule has 0 aliphatic carbocycles. The van der Waals surface area contributed by atoms with Gasteiger partial charge in [-0.05, 0) is 57.4 Å². The number of amides is 2. The molecule has 1 aromatic carbocycles. The quantitative estimate of drug-likeness (QED) is 0.805. The van der Waals surface area contributed by atoms with Crippen molar-refractivity contribution in [2.75, 3.05) is 16.8 Å². The van der Waals surface area contributed by atoms with Crippen molar-refractivity contribution >= 4 is 27.3 Å². The van der Waals surface area contributed by atoms with Gasteiger partial charge in [0.05, 0.1) is 11.5 Å². The number of nitrogens with one attached hydrogen (secondary N) is 2. The molecule has 24 heavy (non-hydrogen) atoms. The maximum atomic E-state index is 12.5. The molecular weight excluding hydrogens is 328 g/mol. The Morgan fingerprint density at radius 1 is 1.12 bits per heavy atom. The summed E-state index contributed by atoms with van der Waals surface area (Å²) >= 11 is 0. The van der Waals surface area contributed by atoms with Gasteiger partial charge >= 0.3 is 0 Å². The molecule has 1 atom stereocenters. The Kier molecular flexibility index (Phi) is 5.03. The van der Waals surface area contributed by atoms with Crippen LogP contribution >= 0.6 is 0 Å². The fourth-order valence-electron chi connectivity index (χ4n) is 2.48. The highest BCUT2D eigenvalue weighted by Gasteiger charge is 2.39. The van der Waals surface area contributed by atoms with Gasteiger partial charge in [0.15, 0.2) is 9.84 Å². The van der Waals surface area contributed by atoms with Crippen LogP contribution in [0.15, 0.2) is 18.2 Å². The Balaban J connectivity index is 2.03. The number of rotatable bonds is 4. The molecular formula is C17H24N2O4S. The molecule has 1 unspecified atom stereocenters. The summed E-state index contributed by atoms with van der Waals surface area (Å²) in [5, 5.41) is 5.44. The van der Waals surface area contributed by atoms with Crippen molar-refractivity contribution in [1.29, 1.82) is 0 Å². The summed E-state index contributed by atoms with van der Waals surface area (Å²) < 4.78 is 23.0. The number of carbonyl (C=O) groups excluding carboxylic acids is 2. The van der Waals surface area contributed by atoms with E-state index in [1.165, 1.54) is 13.8 Å². The number of hydrogen-bond acceptors (Lipinski definition) is 4. The van der Waals surface area contributed by atoms with E-state index in [1.54, 1.807) is 6.07 Å². The number of carbonyl (C=O) groups is 2. The van der Waals surface area contributed by atoms with E-state index in [2.05, 4.69) is 10.6 Å². The van der Waals surface area contributed by atoms with Crippen molar-refractivity contribution in [2.45, 2.75) is 40.2 Å². The summed E-state index contributed by atoms with van der Waals surface area (Å²) in [6.45, 7) is 6.99. The van der Waals surface area contributed by atoms with Gasteiger partial charge in [-0.3, -0.25) is 9.59 Å². The van der Waals surface area contributed by atoms with Crippen LogP contribution in [-0.2, 0) is 19.4 Å². The molecule has 1 saturated heterocycles. The van der Waals surface area contributed by atoms with Gasteiger partial charge < -0.3 is 10.6 Å². The fourth-order valence-corrected chi connectivity index (χ4v) is 4.16. The minimum Gasteiger partial charge on any atom is -0.351 e. The third-order valence-corrected chi connectivity index (χ3v) is 6.24. The van der Waals surface area contributed by atoms with Crippen molar-refractivity contribution in [1.82, 2.24) is 5.32 Å². The molecule has 1 aromatic rings. The first-order chi connectivity index (χ1) is 11.0. The third kappa shape index (κ3) is 4.14. The number of sulfone groups is 1. The zero-order chi connectivity index (χ0) is 18.1. The molecule has 2 amide bonds. The molecule has 0 spiro atoms. The van der Waals surface area contributed by atoms with Gasteiger partial charge in [-0.1, -0.05) is 6.07 Å². The van der Waals surface area contributed by atoms with Crippen LogP contribution in [0.1, 0.15) is 31.4 Å². The first kappa shape index (κ1) is 18.4. The smallest absolute Gasteiger partial charge is 0.239 e. The van der Waals surface area contributed by atoms with E-state index >= 15 is 0 Å². The van der Waals surface area contributed by atoms with Crippen LogP contribution in [0, 0.1) is 19.3 Å². The maximum absolute atomic E-state index is 12.5. The van der Waals surface area contributed by atoms with Gasteiger partial charge in [0, 0.05) is 11.7 Å². The fraction of sp³-hybridized carbons (Fsp3) is 0.529. The number of benzene rings is 1. The Hall–Kier alpha value is -1.89.